The summed E-state index contributed by atoms with van der Waals surface area (Å²) < 4.78 is 0. The molecule has 0 bridgehead atoms. The van der Waals surface area contributed by atoms with E-state index < -0.39 is 0 Å². The molecule has 0 aromatic rings. The lowest BCUT2D eigenvalue weighted by Gasteiger charge is -2.00. The predicted molar refractivity (Wildman–Crippen MR) is 42.8 cm³/mol. The maximum atomic E-state index is 10.8. The van der Waals surface area contributed by atoms with E-state index in [1.807, 2.05) is 0 Å². The van der Waals surface area contributed by atoms with Crippen LogP contribution in [0.1, 0.15) is 39.5 Å². The Hall–Kier alpha value is -0.530. The van der Waals surface area contributed by atoms with E-state index in [2.05, 4.69) is 19.2 Å². The molecule has 0 unspecified atom stereocenters. The number of rotatable bonds is 5. The summed E-state index contributed by atoms with van der Waals surface area (Å²) in [6.07, 6.45) is 3.82. The van der Waals surface area contributed by atoms with Crippen LogP contribution in [-0.2, 0) is 4.79 Å². The molecule has 0 aromatic heterocycles. The lowest BCUT2D eigenvalue weighted by atomic mass is 10.2. The van der Waals surface area contributed by atoms with Crippen LogP contribution in [-0.4, -0.2) is 12.5 Å². The zero-order chi connectivity index (χ0) is 7.82. The number of unbranched alkanes of at least 4 members (excludes halogenated alkanes) is 1. The van der Waals surface area contributed by atoms with Crippen molar-refractivity contribution in [1.29, 1.82) is 0 Å². The molecule has 2 heteroatoms. The van der Waals surface area contributed by atoms with Crippen molar-refractivity contribution in [2.24, 2.45) is 0 Å². The first kappa shape index (κ1) is 9.47. The van der Waals surface area contributed by atoms with E-state index in [4.69, 9.17) is 0 Å². The van der Waals surface area contributed by atoms with E-state index in [1.165, 1.54) is 0 Å². The van der Waals surface area contributed by atoms with Gasteiger partial charge in [-0.1, -0.05) is 20.3 Å². The Kier molecular flexibility index (Phi) is 6.24. The van der Waals surface area contributed by atoms with Crippen LogP contribution in [0.5, 0.6) is 0 Å². The van der Waals surface area contributed by atoms with Gasteiger partial charge in [-0.3, -0.25) is 4.79 Å². The van der Waals surface area contributed by atoms with E-state index in [0.29, 0.717) is 6.42 Å². The minimum Gasteiger partial charge on any atom is -0.356 e. The van der Waals surface area contributed by atoms with Gasteiger partial charge in [0.05, 0.1) is 0 Å². The van der Waals surface area contributed by atoms with Crippen molar-refractivity contribution in [3.63, 3.8) is 0 Å². The molecular formula is C8H17NO. The number of nitrogens with one attached hydrogen (secondary N) is 1. The first-order valence-corrected chi connectivity index (χ1v) is 4.08. The van der Waals surface area contributed by atoms with Crippen LogP contribution in [0.4, 0.5) is 0 Å². The maximum Gasteiger partial charge on any atom is 0.219 e. The lowest BCUT2D eigenvalue weighted by molar-refractivity contribution is -0.121. The van der Waals surface area contributed by atoms with Crippen LogP contribution in [0.25, 0.3) is 0 Å². The van der Waals surface area contributed by atoms with Crippen molar-refractivity contribution in [2.45, 2.75) is 39.5 Å². The van der Waals surface area contributed by atoms with Gasteiger partial charge < -0.3 is 5.32 Å². The van der Waals surface area contributed by atoms with Gasteiger partial charge in [0.2, 0.25) is 5.91 Å². The molecule has 1 amide bonds. The Morgan fingerprint density at radius 3 is 2.50 bits per heavy atom. The van der Waals surface area contributed by atoms with Gasteiger partial charge in [-0.15, -0.1) is 0 Å². The van der Waals surface area contributed by atoms with Crippen molar-refractivity contribution in [2.75, 3.05) is 6.54 Å². The van der Waals surface area contributed by atoms with Gasteiger partial charge in [0.25, 0.3) is 0 Å². The summed E-state index contributed by atoms with van der Waals surface area (Å²) in [5.74, 6) is 0.198. The minimum absolute atomic E-state index is 0.198. The minimum atomic E-state index is 0.198. The fourth-order valence-electron chi connectivity index (χ4n) is 0.690. The van der Waals surface area contributed by atoms with Crippen LogP contribution >= 0.6 is 0 Å². The molecule has 60 valence electrons. The molecule has 0 fully saturated rings. The third-order valence-electron chi connectivity index (χ3n) is 1.33. The fraction of sp³-hybridized carbons (Fsp3) is 0.875. The average Bonchev–Trinajstić information content (AvgIpc) is 1.97. The third-order valence-corrected chi connectivity index (χ3v) is 1.33. The molecular weight excluding hydrogens is 126 g/mol. The molecule has 0 aliphatic carbocycles. The number of carbonyl (C=O) groups is 1. The van der Waals surface area contributed by atoms with E-state index in [0.717, 1.165) is 25.8 Å². The number of hydrogen-bond donors (Lipinski definition) is 1. The summed E-state index contributed by atoms with van der Waals surface area (Å²) in [6.45, 7) is 4.97. The van der Waals surface area contributed by atoms with Crippen LogP contribution in [0.15, 0.2) is 0 Å². The summed E-state index contributed by atoms with van der Waals surface area (Å²) in [5, 5.41) is 2.83. The van der Waals surface area contributed by atoms with E-state index in [-0.39, 0.29) is 5.91 Å². The molecule has 0 aliphatic heterocycles. The van der Waals surface area contributed by atoms with E-state index >= 15 is 0 Å². The van der Waals surface area contributed by atoms with Gasteiger partial charge in [-0.2, -0.15) is 0 Å². The second-order valence-corrected chi connectivity index (χ2v) is 2.45. The summed E-state index contributed by atoms with van der Waals surface area (Å²) in [4.78, 5) is 10.8. The number of carbonyl (C=O) groups excluding carboxylic acids is 1. The average molecular weight is 143 g/mol. The van der Waals surface area contributed by atoms with E-state index in [1.54, 1.807) is 0 Å². The highest BCUT2D eigenvalue weighted by molar-refractivity contribution is 5.75. The van der Waals surface area contributed by atoms with Gasteiger partial charge in [0, 0.05) is 13.0 Å². The highest BCUT2D eigenvalue weighted by Crippen LogP contribution is 1.92. The normalized spacial score (nSPS) is 9.40. The molecule has 0 aromatic carbocycles. The van der Waals surface area contributed by atoms with Gasteiger partial charge >= 0.3 is 0 Å². The molecule has 0 spiro atoms. The Balaban J connectivity index is 3.09. The zero-order valence-corrected chi connectivity index (χ0v) is 6.94. The SMILES string of the molecule is CCCCC(=O)NCCC. The zero-order valence-electron chi connectivity index (χ0n) is 6.94. The van der Waals surface area contributed by atoms with Crippen molar-refractivity contribution in [3.05, 3.63) is 0 Å². The summed E-state index contributed by atoms with van der Waals surface area (Å²) in [5.41, 5.74) is 0. The van der Waals surface area contributed by atoms with E-state index in [9.17, 15) is 4.79 Å². The maximum absolute atomic E-state index is 10.8. The standard InChI is InChI=1S/C8H17NO/c1-3-5-6-8(10)9-7-4-2/h3-7H2,1-2H3,(H,9,10). The summed E-state index contributed by atoms with van der Waals surface area (Å²) in [6, 6.07) is 0. The second kappa shape index (κ2) is 6.59. The molecule has 0 saturated heterocycles. The Morgan fingerprint density at radius 1 is 1.30 bits per heavy atom. The molecule has 2 nitrogen and oxygen atoms in total. The molecule has 0 aliphatic rings. The summed E-state index contributed by atoms with van der Waals surface area (Å²) in [7, 11) is 0. The Labute approximate surface area is 63.0 Å². The molecule has 0 radical (unpaired) electrons. The number of hydrogen-bond acceptors (Lipinski definition) is 1. The lowest BCUT2D eigenvalue weighted by Crippen LogP contribution is -2.23. The highest BCUT2D eigenvalue weighted by atomic mass is 16.1. The quantitative estimate of drug-likeness (QED) is 0.623. The molecule has 0 heterocycles. The molecule has 1 N–H and O–H groups in total. The molecule has 0 saturated carbocycles. The molecule has 0 rings (SSSR count). The summed E-state index contributed by atoms with van der Waals surface area (Å²) >= 11 is 0. The highest BCUT2D eigenvalue weighted by Gasteiger charge is 1.96. The van der Waals surface area contributed by atoms with Crippen molar-refractivity contribution >= 4 is 5.91 Å². The van der Waals surface area contributed by atoms with Crippen LogP contribution < -0.4 is 5.32 Å². The van der Waals surface area contributed by atoms with Crippen molar-refractivity contribution < 1.29 is 4.79 Å². The fourth-order valence-corrected chi connectivity index (χ4v) is 0.690. The van der Waals surface area contributed by atoms with Crippen molar-refractivity contribution in [3.8, 4) is 0 Å². The third kappa shape index (κ3) is 5.60. The van der Waals surface area contributed by atoms with Crippen LogP contribution in [0.2, 0.25) is 0 Å². The monoisotopic (exact) mass is 143 g/mol. The molecule has 0 atom stereocenters. The van der Waals surface area contributed by atoms with Gasteiger partial charge in [0.15, 0.2) is 0 Å². The topological polar surface area (TPSA) is 29.1 Å². The number of amides is 1. The van der Waals surface area contributed by atoms with Gasteiger partial charge in [-0.05, 0) is 12.8 Å². The van der Waals surface area contributed by atoms with Crippen LogP contribution in [0.3, 0.4) is 0 Å². The van der Waals surface area contributed by atoms with Gasteiger partial charge in [-0.25, -0.2) is 0 Å². The Morgan fingerprint density at radius 2 is 2.00 bits per heavy atom. The van der Waals surface area contributed by atoms with Crippen LogP contribution in [0, 0.1) is 0 Å². The first-order chi connectivity index (χ1) is 4.81. The predicted octanol–water partition coefficient (Wildman–Crippen LogP) is 1.70. The van der Waals surface area contributed by atoms with Crippen molar-refractivity contribution in [1.82, 2.24) is 5.32 Å². The molecule has 10 heavy (non-hydrogen) atoms. The second-order valence-electron chi connectivity index (χ2n) is 2.45. The van der Waals surface area contributed by atoms with Gasteiger partial charge in [0.1, 0.15) is 0 Å². The first-order valence-electron chi connectivity index (χ1n) is 4.08. The Bertz CT molecular complexity index is 81.3. The largest absolute Gasteiger partial charge is 0.356 e. The smallest absolute Gasteiger partial charge is 0.219 e.